The van der Waals surface area contributed by atoms with Crippen molar-refractivity contribution < 1.29 is 9.47 Å². The molecule has 0 saturated carbocycles. The Bertz CT molecular complexity index is 784. The van der Waals surface area contributed by atoms with Gasteiger partial charge < -0.3 is 20.1 Å². The van der Waals surface area contributed by atoms with Crippen LogP contribution in [0.3, 0.4) is 0 Å². The Labute approximate surface area is 202 Å². The van der Waals surface area contributed by atoms with E-state index < -0.39 is 0 Å². The number of halogens is 1. The molecular formula is C22H35IN6O2. The second kappa shape index (κ2) is 14.4. The minimum absolute atomic E-state index is 0. The summed E-state index contributed by atoms with van der Waals surface area (Å²) in [7, 11) is 1.66. The highest BCUT2D eigenvalue weighted by Crippen LogP contribution is 2.13. The first-order valence-electron chi connectivity index (χ1n) is 10.9. The number of aliphatic imine (C=N–C) groups is 1. The lowest BCUT2D eigenvalue weighted by atomic mass is 10.1. The standard InChI is InChI=1S/C22H34N6O2.HI/c1-3-23-22(24-13-7-14-30-15-12-18-8-5-4-6-9-18)25-19-10-11-21-26-20(17-29-2)27-28(21)16-19;/h4-6,8-9,19H,3,7,10-17H2,1-2H3,(H2,23,24,25);1H. The van der Waals surface area contributed by atoms with Gasteiger partial charge in [-0.25, -0.2) is 9.67 Å². The number of methoxy groups -OCH3 is 1. The average Bonchev–Trinajstić information content (AvgIpc) is 3.16. The van der Waals surface area contributed by atoms with Crippen LogP contribution in [0.4, 0.5) is 0 Å². The Morgan fingerprint density at radius 1 is 1.26 bits per heavy atom. The van der Waals surface area contributed by atoms with E-state index in [2.05, 4.69) is 51.9 Å². The highest BCUT2D eigenvalue weighted by molar-refractivity contribution is 14.0. The second-order valence-corrected chi connectivity index (χ2v) is 7.40. The van der Waals surface area contributed by atoms with Gasteiger partial charge in [-0.05, 0) is 31.7 Å². The van der Waals surface area contributed by atoms with E-state index in [1.807, 2.05) is 10.7 Å². The second-order valence-electron chi connectivity index (χ2n) is 7.40. The predicted octanol–water partition coefficient (Wildman–Crippen LogP) is 2.56. The van der Waals surface area contributed by atoms with Gasteiger partial charge in [0, 0.05) is 39.3 Å². The van der Waals surface area contributed by atoms with Gasteiger partial charge in [0.15, 0.2) is 11.8 Å². The molecule has 0 saturated heterocycles. The molecule has 0 amide bonds. The van der Waals surface area contributed by atoms with Crippen LogP contribution < -0.4 is 10.6 Å². The van der Waals surface area contributed by atoms with E-state index in [4.69, 9.17) is 14.5 Å². The third-order valence-corrected chi connectivity index (χ3v) is 4.96. The molecule has 0 spiro atoms. The third kappa shape index (κ3) is 8.74. The molecule has 1 aliphatic rings. The number of nitrogens with zero attached hydrogens (tertiary/aromatic N) is 4. The van der Waals surface area contributed by atoms with Crippen LogP contribution in [0.5, 0.6) is 0 Å². The van der Waals surface area contributed by atoms with Gasteiger partial charge in [0.05, 0.1) is 13.2 Å². The summed E-state index contributed by atoms with van der Waals surface area (Å²) in [6.45, 7) is 6.37. The summed E-state index contributed by atoms with van der Waals surface area (Å²) < 4.78 is 12.9. The molecule has 1 aliphatic heterocycles. The Balaban J connectivity index is 0.00000341. The molecule has 2 N–H and O–H groups in total. The molecule has 0 fully saturated rings. The lowest BCUT2D eigenvalue weighted by Crippen LogP contribution is -2.47. The number of nitrogens with one attached hydrogen (secondary N) is 2. The van der Waals surface area contributed by atoms with Crippen LogP contribution in [-0.4, -0.2) is 60.2 Å². The normalized spacial score (nSPS) is 15.8. The molecule has 9 heteroatoms. The zero-order valence-corrected chi connectivity index (χ0v) is 20.9. The van der Waals surface area contributed by atoms with Crippen LogP contribution in [0, 0.1) is 0 Å². The molecule has 8 nitrogen and oxygen atoms in total. The van der Waals surface area contributed by atoms with Crippen LogP contribution in [0.25, 0.3) is 0 Å². The van der Waals surface area contributed by atoms with E-state index in [-0.39, 0.29) is 30.0 Å². The Morgan fingerprint density at radius 3 is 2.87 bits per heavy atom. The molecule has 2 heterocycles. The monoisotopic (exact) mass is 542 g/mol. The van der Waals surface area contributed by atoms with Crippen LogP contribution >= 0.6 is 24.0 Å². The molecule has 1 atom stereocenters. The van der Waals surface area contributed by atoms with Crippen molar-refractivity contribution in [3.8, 4) is 0 Å². The summed E-state index contributed by atoms with van der Waals surface area (Å²) in [5.41, 5.74) is 1.31. The molecule has 0 bridgehead atoms. The zero-order chi connectivity index (χ0) is 21.0. The van der Waals surface area contributed by atoms with Gasteiger partial charge in [-0.1, -0.05) is 30.3 Å². The van der Waals surface area contributed by atoms with Crippen molar-refractivity contribution in [2.24, 2.45) is 4.99 Å². The number of aromatic nitrogens is 3. The molecule has 172 valence electrons. The number of hydrogen-bond donors (Lipinski definition) is 2. The summed E-state index contributed by atoms with van der Waals surface area (Å²) in [6, 6.07) is 10.7. The molecule has 1 unspecified atom stereocenters. The van der Waals surface area contributed by atoms with E-state index >= 15 is 0 Å². The molecule has 1 aromatic heterocycles. The maximum atomic E-state index is 5.75. The fourth-order valence-electron chi connectivity index (χ4n) is 3.48. The minimum atomic E-state index is 0. The lowest BCUT2D eigenvalue weighted by Gasteiger charge is -2.25. The Kier molecular flexibility index (Phi) is 11.8. The van der Waals surface area contributed by atoms with E-state index in [1.165, 1.54) is 5.56 Å². The van der Waals surface area contributed by atoms with Crippen molar-refractivity contribution >= 4 is 29.9 Å². The van der Waals surface area contributed by atoms with E-state index in [1.54, 1.807) is 7.11 Å². The summed E-state index contributed by atoms with van der Waals surface area (Å²) in [5.74, 6) is 2.64. The van der Waals surface area contributed by atoms with Gasteiger partial charge in [0.25, 0.3) is 0 Å². The lowest BCUT2D eigenvalue weighted by molar-refractivity contribution is 0.136. The van der Waals surface area contributed by atoms with Crippen molar-refractivity contribution in [1.29, 1.82) is 0 Å². The van der Waals surface area contributed by atoms with Crippen molar-refractivity contribution in [3.63, 3.8) is 0 Å². The third-order valence-electron chi connectivity index (χ3n) is 4.96. The smallest absolute Gasteiger partial charge is 0.191 e. The van der Waals surface area contributed by atoms with Crippen molar-refractivity contribution in [1.82, 2.24) is 25.4 Å². The fraction of sp³-hybridized carbons (Fsp3) is 0.591. The van der Waals surface area contributed by atoms with Gasteiger partial charge in [-0.15, -0.1) is 24.0 Å². The van der Waals surface area contributed by atoms with Crippen LogP contribution in [0.1, 0.15) is 37.0 Å². The highest BCUT2D eigenvalue weighted by atomic mass is 127. The van der Waals surface area contributed by atoms with Gasteiger partial charge in [-0.3, -0.25) is 4.99 Å². The molecule has 0 aliphatic carbocycles. The van der Waals surface area contributed by atoms with Crippen LogP contribution in [0.2, 0.25) is 0 Å². The summed E-state index contributed by atoms with van der Waals surface area (Å²) in [4.78, 5) is 9.24. The molecule has 1 aromatic carbocycles. The number of hydrogen-bond acceptors (Lipinski definition) is 5. The number of ether oxygens (including phenoxy) is 2. The van der Waals surface area contributed by atoms with Gasteiger partial charge >= 0.3 is 0 Å². The zero-order valence-electron chi connectivity index (χ0n) is 18.5. The van der Waals surface area contributed by atoms with E-state index in [0.29, 0.717) is 6.61 Å². The molecule has 2 aromatic rings. The molecule has 3 rings (SSSR count). The maximum Gasteiger partial charge on any atom is 0.191 e. The topological polar surface area (TPSA) is 85.6 Å². The Hall–Kier alpha value is -1.72. The predicted molar refractivity (Wildman–Crippen MR) is 133 cm³/mol. The maximum absolute atomic E-state index is 5.75. The fourth-order valence-corrected chi connectivity index (χ4v) is 3.48. The molecular weight excluding hydrogens is 507 g/mol. The quantitative estimate of drug-likeness (QED) is 0.197. The van der Waals surface area contributed by atoms with Gasteiger partial charge in [0.1, 0.15) is 12.4 Å². The first-order valence-corrected chi connectivity index (χ1v) is 10.9. The summed E-state index contributed by atoms with van der Waals surface area (Å²) in [5, 5.41) is 11.4. The SMILES string of the molecule is CCNC(=NCCCOCCc1ccccc1)NC1CCc2nc(COC)nn2C1.I. The summed E-state index contributed by atoms with van der Waals surface area (Å²) in [6.07, 6.45) is 3.77. The van der Waals surface area contributed by atoms with Gasteiger partial charge in [0.2, 0.25) is 0 Å². The minimum Gasteiger partial charge on any atom is -0.381 e. The largest absolute Gasteiger partial charge is 0.381 e. The number of fused-ring (bicyclic) bond motifs is 1. The number of guanidine groups is 1. The highest BCUT2D eigenvalue weighted by Gasteiger charge is 2.22. The van der Waals surface area contributed by atoms with Crippen molar-refractivity contribution in [2.45, 2.75) is 51.8 Å². The van der Waals surface area contributed by atoms with Crippen LogP contribution in [-0.2, 0) is 35.5 Å². The van der Waals surface area contributed by atoms with E-state index in [9.17, 15) is 0 Å². The number of aryl methyl sites for hydroxylation is 1. The molecule has 0 radical (unpaired) electrons. The number of rotatable bonds is 11. The first-order chi connectivity index (χ1) is 14.8. The average molecular weight is 542 g/mol. The number of benzene rings is 1. The Morgan fingerprint density at radius 2 is 2.10 bits per heavy atom. The van der Waals surface area contributed by atoms with Crippen molar-refractivity contribution in [2.75, 3.05) is 33.4 Å². The van der Waals surface area contributed by atoms with E-state index in [0.717, 1.165) is 76.1 Å². The van der Waals surface area contributed by atoms with Crippen molar-refractivity contribution in [3.05, 3.63) is 47.5 Å². The van der Waals surface area contributed by atoms with Gasteiger partial charge in [-0.2, -0.15) is 5.10 Å². The first kappa shape index (κ1) is 25.5. The molecule has 31 heavy (non-hydrogen) atoms. The van der Waals surface area contributed by atoms with Crippen LogP contribution in [0.15, 0.2) is 35.3 Å². The summed E-state index contributed by atoms with van der Waals surface area (Å²) >= 11 is 0.